The van der Waals surface area contributed by atoms with Crippen molar-refractivity contribution >= 4 is 35.2 Å². The summed E-state index contributed by atoms with van der Waals surface area (Å²) in [5.74, 6) is -0.833. The number of nitrogens with zero attached hydrogens (tertiary/aromatic N) is 1. The number of nitrogens with one attached hydrogen (secondary N) is 2. The molecule has 168 valence electrons. The van der Waals surface area contributed by atoms with Gasteiger partial charge in [-0.2, -0.15) is 0 Å². The number of rotatable bonds is 7. The van der Waals surface area contributed by atoms with Crippen LogP contribution in [0, 0.1) is 0 Å². The highest BCUT2D eigenvalue weighted by molar-refractivity contribution is 6.31. The molecule has 3 amide bonds. The van der Waals surface area contributed by atoms with Crippen molar-refractivity contribution in [3.05, 3.63) is 76.0 Å². The normalized spacial score (nSPS) is 15.9. The number of halogens is 1. The molecule has 0 radical (unpaired) electrons. The molecule has 8 nitrogen and oxygen atoms in total. The zero-order valence-electron chi connectivity index (χ0n) is 18.0. The summed E-state index contributed by atoms with van der Waals surface area (Å²) in [6.07, 6.45) is 0. The van der Waals surface area contributed by atoms with E-state index in [0.29, 0.717) is 33.1 Å². The van der Waals surface area contributed by atoms with E-state index in [1.165, 1.54) is 12.0 Å². The first-order valence-electron chi connectivity index (χ1n) is 9.89. The van der Waals surface area contributed by atoms with Gasteiger partial charge in [-0.3, -0.25) is 4.79 Å². The number of carbonyl (C=O) groups excluding carboxylic acids is 3. The number of amides is 3. The highest BCUT2D eigenvalue weighted by Crippen LogP contribution is 2.31. The largest absolute Gasteiger partial charge is 0.460 e. The number of hydrogen-bond acceptors (Lipinski definition) is 5. The fourth-order valence-corrected chi connectivity index (χ4v) is 3.43. The van der Waals surface area contributed by atoms with Gasteiger partial charge in [0.05, 0.1) is 18.2 Å². The minimum absolute atomic E-state index is 0.102. The summed E-state index contributed by atoms with van der Waals surface area (Å²) in [6, 6.07) is 12.5. The SMILES string of the molecule is COCCOC(=O)C1=C(C)N(C)C(=O)NC1c1ccc(NC(=O)c2cccc(Cl)c2)cc1. The Morgan fingerprint density at radius 2 is 1.88 bits per heavy atom. The summed E-state index contributed by atoms with van der Waals surface area (Å²) in [5.41, 5.74) is 2.50. The van der Waals surface area contributed by atoms with Gasteiger partial charge in [0, 0.05) is 36.1 Å². The molecule has 2 aromatic rings. The summed E-state index contributed by atoms with van der Waals surface area (Å²) < 4.78 is 10.2. The van der Waals surface area contributed by atoms with E-state index in [4.69, 9.17) is 21.1 Å². The fraction of sp³-hybridized carbons (Fsp3) is 0.261. The van der Waals surface area contributed by atoms with Crippen LogP contribution < -0.4 is 10.6 Å². The number of methoxy groups -OCH3 is 1. The second-order valence-electron chi connectivity index (χ2n) is 7.16. The van der Waals surface area contributed by atoms with Crippen LogP contribution in [-0.4, -0.2) is 50.2 Å². The van der Waals surface area contributed by atoms with Crippen molar-refractivity contribution in [1.82, 2.24) is 10.2 Å². The van der Waals surface area contributed by atoms with E-state index in [9.17, 15) is 14.4 Å². The van der Waals surface area contributed by atoms with Gasteiger partial charge in [-0.1, -0.05) is 29.8 Å². The smallest absolute Gasteiger partial charge is 0.338 e. The number of anilines is 1. The maximum Gasteiger partial charge on any atom is 0.338 e. The van der Waals surface area contributed by atoms with Crippen LogP contribution in [0.4, 0.5) is 10.5 Å². The first-order chi connectivity index (χ1) is 15.3. The third-order valence-electron chi connectivity index (χ3n) is 5.08. The summed E-state index contributed by atoms with van der Waals surface area (Å²) in [6.45, 7) is 2.06. The van der Waals surface area contributed by atoms with Crippen molar-refractivity contribution in [1.29, 1.82) is 0 Å². The molecular formula is C23H24ClN3O5. The van der Waals surface area contributed by atoms with Gasteiger partial charge < -0.3 is 25.0 Å². The van der Waals surface area contributed by atoms with Crippen LogP contribution in [0.15, 0.2) is 59.8 Å². The lowest BCUT2D eigenvalue weighted by Crippen LogP contribution is -2.46. The lowest BCUT2D eigenvalue weighted by Gasteiger charge is -2.33. The Hall–Kier alpha value is -3.36. The van der Waals surface area contributed by atoms with Crippen LogP contribution in [0.3, 0.4) is 0 Å². The first-order valence-corrected chi connectivity index (χ1v) is 10.3. The van der Waals surface area contributed by atoms with E-state index in [-0.39, 0.29) is 25.2 Å². The topological polar surface area (TPSA) is 97.0 Å². The van der Waals surface area contributed by atoms with E-state index >= 15 is 0 Å². The van der Waals surface area contributed by atoms with Crippen LogP contribution in [0.5, 0.6) is 0 Å². The molecule has 2 aromatic carbocycles. The summed E-state index contributed by atoms with van der Waals surface area (Å²) in [4.78, 5) is 38.9. The third kappa shape index (κ3) is 5.27. The Morgan fingerprint density at radius 3 is 2.53 bits per heavy atom. The summed E-state index contributed by atoms with van der Waals surface area (Å²) in [7, 11) is 3.10. The Balaban J connectivity index is 1.81. The highest BCUT2D eigenvalue weighted by Gasteiger charge is 2.35. The molecule has 0 spiro atoms. The van der Waals surface area contributed by atoms with E-state index in [2.05, 4.69) is 10.6 Å². The molecule has 0 saturated carbocycles. The van der Waals surface area contributed by atoms with Crippen LogP contribution in [0.25, 0.3) is 0 Å². The van der Waals surface area contributed by atoms with E-state index in [1.807, 2.05) is 0 Å². The molecule has 3 rings (SSSR count). The van der Waals surface area contributed by atoms with Crippen molar-refractivity contribution in [2.75, 3.05) is 32.7 Å². The number of hydrogen-bond donors (Lipinski definition) is 2. The number of benzene rings is 2. The fourth-order valence-electron chi connectivity index (χ4n) is 3.24. The molecule has 0 fully saturated rings. The molecule has 32 heavy (non-hydrogen) atoms. The number of ether oxygens (including phenoxy) is 2. The molecule has 1 atom stereocenters. The Morgan fingerprint density at radius 1 is 1.16 bits per heavy atom. The quantitative estimate of drug-likeness (QED) is 0.487. The van der Waals surface area contributed by atoms with E-state index < -0.39 is 12.0 Å². The van der Waals surface area contributed by atoms with Crippen LogP contribution in [0.2, 0.25) is 5.02 Å². The zero-order valence-corrected chi connectivity index (χ0v) is 18.7. The van der Waals surface area contributed by atoms with Crippen molar-refractivity contribution in [3.8, 4) is 0 Å². The van der Waals surface area contributed by atoms with Gasteiger partial charge in [-0.25, -0.2) is 9.59 Å². The van der Waals surface area contributed by atoms with Gasteiger partial charge in [0.15, 0.2) is 0 Å². The van der Waals surface area contributed by atoms with Gasteiger partial charge in [0.25, 0.3) is 5.91 Å². The van der Waals surface area contributed by atoms with E-state index in [1.54, 1.807) is 62.5 Å². The molecule has 0 aliphatic carbocycles. The minimum atomic E-state index is -0.688. The van der Waals surface area contributed by atoms with Crippen LogP contribution in [-0.2, 0) is 14.3 Å². The highest BCUT2D eigenvalue weighted by atomic mass is 35.5. The zero-order chi connectivity index (χ0) is 23.3. The first kappa shape index (κ1) is 23.3. The van der Waals surface area contributed by atoms with Crippen molar-refractivity contribution < 1.29 is 23.9 Å². The predicted molar refractivity (Wildman–Crippen MR) is 120 cm³/mol. The second kappa shape index (κ2) is 10.3. The van der Waals surface area contributed by atoms with Crippen molar-refractivity contribution in [2.24, 2.45) is 0 Å². The van der Waals surface area contributed by atoms with Gasteiger partial charge in [-0.15, -0.1) is 0 Å². The molecule has 0 saturated heterocycles. The maximum atomic E-state index is 12.7. The number of esters is 1. The monoisotopic (exact) mass is 457 g/mol. The van der Waals surface area contributed by atoms with Crippen LogP contribution in [0.1, 0.15) is 28.9 Å². The molecule has 0 aromatic heterocycles. The van der Waals surface area contributed by atoms with E-state index in [0.717, 1.165) is 0 Å². The summed E-state index contributed by atoms with van der Waals surface area (Å²) in [5, 5.41) is 6.09. The molecule has 1 heterocycles. The third-order valence-corrected chi connectivity index (χ3v) is 5.32. The van der Waals surface area contributed by atoms with Gasteiger partial charge in [0.1, 0.15) is 6.61 Å². The van der Waals surface area contributed by atoms with Gasteiger partial charge >= 0.3 is 12.0 Å². The molecule has 9 heteroatoms. The van der Waals surface area contributed by atoms with Crippen LogP contribution >= 0.6 is 11.6 Å². The number of urea groups is 1. The Labute approximate surface area is 191 Å². The summed E-state index contributed by atoms with van der Waals surface area (Å²) >= 11 is 5.94. The molecular weight excluding hydrogens is 434 g/mol. The predicted octanol–water partition coefficient (Wildman–Crippen LogP) is 3.75. The Kier molecular flexibility index (Phi) is 7.50. The average Bonchev–Trinajstić information content (AvgIpc) is 2.78. The number of carbonyl (C=O) groups is 3. The number of allylic oxidation sites excluding steroid dienone is 1. The second-order valence-corrected chi connectivity index (χ2v) is 7.59. The van der Waals surface area contributed by atoms with Crippen molar-refractivity contribution in [3.63, 3.8) is 0 Å². The molecule has 1 aliphatic heterocycles. The molecule has 0 bridgehead atoms. The van der Waals surface area contributed by atoms with Crippen molar-refractivity contribution in [2.45, 2.75) is 13.0 Å². The average molecular weight is 458 g/mol. The lowest BCUT2D eigenvalue weighted by molar-refractivity contribution is -0.140. The van der Waals surface area contributed by atoms with Gasteiger partial charge in [0.2, 0.25) is 0 Å². The van der Waals surface area contributed by atoms with Gasteiger partial charge in [-0.05, 0) is 42.8 Å². The minimum Gasteiger partial charge on any atom is -0.460 e. The molecule has 1 unspecified atom stereocenters. The lowest BCUT2D eigenvalue weighted by atomic mass is 9.95. The molecule has 2 N–H and O–H groups in total. The Bertz CT molecular complexity index is 1050. The molecule has 1 aliphatic rings. The standard InChI is InChI=1S/C23H24ClN3O5/c1-14-19(22(29)32-12-11-31-3)20(26-23(30)27(14)2)15-7-9-18(10-8-15)25-21(28)16-5-4-6-17(24)13-16/h4-10,13,20H,11-12H2,1-3H3,(H,25,28)(H,26,30). The maximum absolute atomic E-state index is 12.7.